The van der Waals surface area contributed by atoms with Gasteiger partial charge in [-0.1, -0.05) is 0 Å². The monoisotopic (exact) mass is 520 g/mol. The fourth-order valence-electron chi connectivity index (χ4n) is 3.98. The van der Waals surface area contributed by atoms with Crippen LogP contribution in [0.3, 0.4) is 0 Å². The predicted octanol–water partition coefficient (Wildman–Crippen LogP) is 4.35. The summed E-state index contributed by atoms with van der Waals surface area (Å²) in [6.45, 7) is 4.52. The molecule has 0 fully saturated rings. The molecule has 0 amide bonds. The Balaban J connectivity index is 1.76. The van der Waals surface area contributed by atoms with Gasteiger partial charge in [0.2, 0.25) is 0 Å². The normalized spacial score (nSPS) is 13.4. The topological polar surface area (TPSA) is 17.1 Å². The van der Waals surface area contributed by atoms with Gasteiger partial charge in [-0.05, 0) is 0 Å². The molecule has 0 spiro atoms. The van der Waals surface area contributed by atoms with Crippen molar-refractivity contribution in [2.75, 3.05) is 0 Å². The second kappa shape index (κ2) is 10.6. The second-order valence-corrected chi connectivity index (χ2v) is 17.5. The van der Waals surface area contributed by atoms with E-state index in [4.69, 9.17) is 0 Å². The third kappa shape index (κ3) is 5.39. The van der Waals surface area contributed by atoms with Crippen molar-refractivity contribution in [2.45, 2.75) is 28.6 Å². The van der Waals surface area contributed by atoms with Gasteiger partial charge in [0.1, 0.15) is 0 Å². The van der Waals surface area contributed by atoms with E-state index < -0.39 is 18.9 Å². The molecule has 0 saturated carbocycles. The SMILES string of the molecule is Cc1ccc([S@](=O)C(C[Si](C)(c2ccccc2)c2ccccc2)[Se]c2ccccc2)cc1. The Kier molecular flexibility index (Phi) is 7.59. The maximum absolute atomic E-state index is 13.9. The van der Waals surface area contributed by atoms with Crippen LogP contribution in [0.5, 0.6) is 0 Å². The van der Waals surface area contributed by atoms with Crippen molar-refractivity contribution in [3.8, 4) is 0 Å². The summed E-state index contributed by atoms with van der Waals surface area (Å²) in [7, 11) is -3.16. The number of hydrogen-bond acceptors (Lipinski definition) is 1. The van der Waals surface area contributed by atoms with E-state index in [1.165, 1.54) is 20.4 Å². The Morgan fingerprint density at radius 1 is 0.719 bits per heavy atom. The molecule has 4 aromatic rings. The zero-order valence-electron chi connectivity index (χ0n) is 18.5. The average Bonchev–Trinajstić information content (AvgIpc) is 2.85. The summed E-state index contributed by atoms with van der Waals surface area (Å²) in [5, 5.41) is 2.81. The van der Waals surface area contributed by atoms with Crippen molar-refractivity contribution in [1.29, 1.82) is 0 Å². The first kappa shape index (κ1) is 22.9. The maximum atomic E-state index is 13.9. The summed E-state index contributed by atoms with van der Waals surface area (Å²) in [4.78, 5) is 0.941. The fraction of sp³-hybridized carbons (Fsp3) is 0.143. The van der Waals surface area contributed by atoms with Crippen molar-refractivity contribution in [1.82, 2.24) is 0 Å². The van der Waals surface area contributed by atoms with Crippen LogP contribution in [0, 0.1) is 6.92 Å². The van der Waals surface area contributed by atoms with Crippen LogP contribution in [0.15, 0.2) is 120 Å². The number of aryl methyl sites for hydroxylation is 1. The van der Waals surface area contributed by atoms with E-state index in [0.717, 1.165) is 10.9 Å². The first-order valence-corrected chi connectivity index (χ1v) is 16.6. The van der Waals surface area contributed by atoms with Crippen molar-refractivity contribution in [2.24, 2.45) is 0 Å². The Morgan fingerprint density at radius 2 is 1.19 bits per heavy atom. The molecule has 4 aromatic carbocycles. The minimum absolute atomic E-state index is 0.102. The Labute approximate surface area is 201 Å². The summed E-state index contributed by atoms with van der Waals surface area (Å²) in [6, 6.07) is 41.6. The molecule has 0 aliphatic rings. The predicted molar refractivity (Wildman–Crippen MR) is 142 cm³/mol. The molecule has 1 unspecified atom stereocenters. The Hall–Kier alpha value is -2.23. The van der Waals surface area contributed by atoms with Crippen molar-refractivity contribution in [3.05, 3.63) is 121 Å². The van der Waals surface area contributed by atoms with Crippen LogP contribution in [0.4, 0.5) is 0 Å². The molecule has 2 atom stereocenters. The quantitative estimate of drug-likeness (QED) is 0.317. The first-order valence-electron chi connectivity index (χ1n) is 10.9. The molecular weight excluding hydrogens is 491 g/mol. The third-order valence-electron chi connectivity index (χ3n) is 5.90. The molecule has 0 saturated heterocycles. The first-order chi connectivity index (χ1) is 15.6. The summed E-state index contributed by atoms with van der Waals surface area (Å²) in [5.74, 6) is 0. The van der Waals surface area contributed by atoms with Crippen molar-refractivity contribution < 1.29 is 4.21 Å². The standard InChI is InChI=1S/C28H28OSSeSi/c1-23-18-20-24(21-19-23)30(29)28(31-25-12-6-3-7-13-25)22-32(2,26-14-8-4-9-15-26)27-16-10-5-11-17-27/h3-21,28H,22H2,1-2H3/t28?,30-/m0/s1. The summed E-state index contributed by atoms with van der Waals surface area (Å²) in [5.41, 5.74) is 1.20. The van der Waals surface area contributed by atoms with Gasteiger partial charge in [-0.25, -0.2) is 0 Å². The zero-order valence-corrected chi connectivity index (χ0v) is 22.0. The molecule has 0 aromatic heterocycles. The van der Waals surface area contributed by atoms with Crippen molar-refractivity contribution in [3.63, 3.8) is 0 Å². The number of rotatable bonds is 8. The fourth-order valence-corrected chi connectivity index (χ4v) is 15.5. The van der Waals surface area contributed by atoms with Gasteiger partial charge >= 0.3 is 202 Å². The van der Waals surface area contributed by atoms with Crippen LogP contribution in [-0.4, -0.2) is 31.4 Å². The van der Waals surface area contributed by atoms with Crippen LogP contribution < -0.4 is 14.8 Å². The Morgan fingerprint density at radius 3 is 1.69 bits per heavy atom. The van der Waals surface area contributed by atoms with Gasteiger partial charge in [0.25, 0.3) is 0 Å². The van der Waals surface area contributed by atoms with E-state index >= 15 is 0 Å². The molecule has 0 aliphatic carbocycles. The van der Waals surface area contributed by atoms with Gasteiger partial charge in [0.05, 0.1) is 0 Å². The Bertz CT molecular complexity index is 1110. The summed E-state index contributed by atoms with van der Waals surface area (Å²) >= 11 is 0.106. The van der Waals surface area contributed by atoms with E-state index in [-0.39, 0.29) is 19.1 Å². The second-order valence-electron chi connectivity index (χ2n) is 8.24. The van der Waals surface area contributed by atoms with Crippen LogP contribution in [0.25, 0.3) is 0 Å². The number of hydrogen-bond donors (Lipinski definition) is 0. The van der Waals surface area contributed by atoms with E-state index in [0.29, 0.717) is 0 Å². The van der Waals surface area contributed by atoms with E-state index in [2.05, 4.69) is 117 Å². The van der Waals surface area contributed by atoms with Crippen molar-refractivity contribution >= 4 is 48.7 Å². The van der Waals surface area contributed by atoms with Crippen LogP contribution in [-0.2, 0) is 10.8 Å². The van der Waals surface area contributed by atoms with Gasteiger partial charge in [0.15, 0.2) is 0 Å². The van der Waals surface area contributed by atoms with Gasteiger partial charge in [-0.2, -0.15) is 0 Å². The van der Waals surface area contributed by atoms with Gasteiger partial charge in [-0.3, -0.25) is 0 Å². The average molecular weight is 520 g/mol. The van der Waals surface area contributed by atoms with E-state index in [1.54, 1.807) is 0 Å². The molecule has 0 bridgehead atoms. The molecular formula is C28H28OSSeSi. The molecule has 0 aliphatic heterocycles. The van der Waals surface area contributed by atoms with E-state index in [1.807, 2.05) is 12.1 Å². The van der Waals surface area contributed by atoms with Gasteiger partial charge in [0, 0.05) is 0 Å². The number of benzene rings is 4. The molecule has 0 radical (unpaired) electrons. The van der Waals surface area contributed by atoms with Crippen LogP contribution >= 0.6 is 0 Å². The van der Waals surface area contributed by atoms with Crippen LogP contribution in [0.1, 0.15) is 5.56 Å². The summed E-state index contributed by atoms with van der Waals surface area (Å²) in [6.07, 6.45) is 0. The zero-order chi connectivity index (χ0) is 22.4. The molecule has 162 valence electrons. The molecule has 4 heteroatoms. The van der Waals surface area contributed by atoms with Crippen LogP contribution in [0.2, 0.25) is 12.6 Å². The molecule has 0 N–H and O–H groups in total. The minimum atomic E-state index is -2.10. The van der Waals surface area contributed by atoms with E-state index in [9.17, 15) is 4.21 Å². The molecule has 4 rings (SSSR count). The molecule has 0 heterocycles. The third-order valence-corrected chi connectivity index (χ3v) is 16.3. The molecule has 32 heavy (non-hydrogen) atoms. The molecule has 1 nitrogen and oxygen atoms in total. The van der Waals surface area contributed by atoms with Gasteiger partial charge < -0.3 is 0 Å². The van der Waals surface area contributed by atoms with Gasteiger partial charge in [-0.15, -0.1) is 0 Å². The summed E-state index contributed by atoms with van der Waals surface area (Å²) < 4.78 is 15.4.